The molecule has 1 fully saturated rings. The van der Waals surface area contributed by atoms with Crippen LogP contribution in [-0.2, 0) is 11.2 Å². The van der Waals surface area contributed by atoms with Gasteiger partial charge in [0, 0.05) is 68.9 Å². The van der Waals surface area contributed by atoms with Gasteiger partial charge in [0.2, 0.25) is 5.91 Å². The van der Waals surface area contributed by atoms with E-state index in [1.165, 1.54) is 13.0 Å². The van der Waals surface area contributed by atoms with Gasteiger partial charge in [0.25, 0.3) is 5.91 Å². The van der Waals surface area contributed by atoms with Crippen LogP contribution in [0, 0.1) is 12.8 Å². The zero-order valence-electron chi connectivity index (χ0n) is 20.0. The van der Waals surface area contributed by atoms with E-state index in [2.05, 4.69) is 40.4 Å². The van der Waals surface area contributed by atoms with Gasteiger partial charge in [0.05, 0.1) is 11.3 Å². The fourth-order valence-electron chi connectivity index (χ4n) is 5.09. The summed E-state index contributed by atoms with van der Waals surface area (Å²) in [7, 11) is 0. The number of nitrogens with zero attached hydrogens (tertiary/aromatic N) is 2. The molecule has 3 N–H and O–H groups in total. The molecule has 2 amide bonds. The summed E-state index contributed by atoms with van der Waals surface area (Å²) >= 11 is 0. The standard InChI is InChI=1S/C25H34FN5O2/c1-5-30(6-2)9-10-31-8-7-20-23(25(31)33)15(3)21(29-20)11-17-14-27-24-19(17)12-18(26)13-22(24)28-16(4)32/h11,13,19,27,29H,5-10,12,14H2,1-4H3,(H,28,32). The van der Waals surface area contributed by atoms with E-state index in [4.69, 9.17) is 0 Å². The van der Waals surface area contributed by atoms with E-state index in [-0.39, 0.29) is 30.0 Å². The van der Waals surface area contributed by atoms with Crippen LogP contribution in [0.1, 0.15) is 54.5 Å². The van der Waals surface area contributed by atoms with Crippen molar-refractivity contribution in [3.8, 4) is 0 Å². The summed E-state index contributed by atoms with van der Waals surface area (Å²) in [5, 5.41) is 6.06. The second-order valence-electron chi connectivity index (χ2n) is 9.02. The number of likely N-dealkylation sites (N-methyl/N-ethyl adjacent to an activating group) is 1. The van der Waals surface area contributed by atoms with E-state index in [1.807, 2.05) is 11.8 Å². The fourth-order valence-corrected chi connectivity index (χ4v) is 5.09. The summed E-state index contributed by atoms with van der Waals surface area (Å²) in [5.74, 6) is -0.522. The van der Waals surface area contributed by atoms with Crippen molar-refractivity contribution in [3.63, 3.8) is 0 Å². The van der Waals surface area contributed by atoms with Crippen LogP contribution < -0.4 is 10.6 Å². The van der Waals surface area contributed by atoms with Crippen LogP contribution in [-0.4, -0.2) is 65.9 Å². The van der Waals surface area contributed by atoms with Crippen LogP contribution in [0.4, 0.5) is 4.39 Å². The van der Waals surface area contributed by atoms with Gasteiger partial charge in [0.15, 0.2) is 0 Å². The first kappa shape index (κ1) is 23.3. The zero-order chi connectivity index (χ0) is 23.7. The highest BCUT2D eigenvalue weighted by atomic mass is 19.1. The van der Waals surface area contributed by atoms with Gasteiger partial charge >= 0.3 is 0 Å². The molecular weight excluding hydrogens is 421 g/mol. The van der Waals surface area contributed by atoms with Crippen molar-refractivity contribution in [2.24, 2.45) is 5.92 Å². The van der Waals surface area contributed by atoms with Crippen molar-refractivity contribution in [2.75, 3.05) is 39.3 Å². The summed E-state index contributed by atoms with van der Waals surface area (Å²) in [6.45, 7) is 12.6. The number of rotatable bonds is 7. The quantitative estimate of drug-likeness (QED) is 0.591. The van der Waals surface area contributed by atoms with Crippen LogP contribution in [0.3, 0.4) is 0 Å². The van der Waals surface area contributed by atoms with Gasteiger partial charge in [-0.15, -0.1) is 0 Å². The van der Waals surface area contributed by atoms with E-state index in [0.29, 0.717) is 12.2 Å². The third-order valence-electron chi connectivity index (χ3n) is 6.99. The Labute approximate surface area is 194 Å². The molecule has 0 aromatic carbocycles. The fraction of sp³-hybridized carbons (Fsp3) is 0.520. The molecule has 1 aliphatic carbocycles. The van der Waals surface area contributed by atoms with Crippen LogP contribution in [0.25, 0.3) is 6.08 Å². The van der Waals surface area contributed by atoms with Crippen molar-refractivity contribution in [1.29, 1.82) is 0 Å². The number of carbonyl (C=O) groups excluding carboxylic acids is 2. The Morgan fingerprint density at radius 1 is 1.36 bits per heavy atom. The number of carbonyl (C=O) groups is 2. The second-order valence-corrected chi connectivity index (χ2v) is 9.02. The third kappa shape index (κ3) is 4.62. The molecule has 2 aliphatic heterocycles. The lowest BCUT2D eigenvalue weighted by molar-refractivity contribution is -0.118. The van der Waals surface area contributed by atoms with Crippen molar-refractivity contribution < 1.29 is 14.0 Å². The van der Waals surface area contributed by atoms with Crippen LogP contribution in [0.15, 0.2) is 28.9 Å². The normalized spacial score (nSPS) is 21.3. The maximum atomic E-state index is 14.3. The number of aromatic amines is 1. The highest BCUT2D eigenvalue weighted by molar-refractivity contribution is 5.99. The molecule has 178 valence electrons. The van der Waals surface area contributed by atoms with Crippen molar-refractivity contribution in [1.82, 2.24) is 25.4 Å². The number of fused-ring (bicyclic) bond motifs is 2. The topological polar surface area (TPSA) is 80.5 Å². The van der Waals surface area contributed by atoms with E-state index in [0.717, 1.165) is 72.9 Å². The number of nitrogens with one attached hydrogen (secondary N) is 3. The average Bonchev–Trinajstić information content (AvgIpc) is 3.31. The van der Waals surface area contributed by atoms with Crippen molar-refractivity contribution in [2.45, 2.75) is 40.5 Å². The van der Waals surface area contributed by atoms with Gasteiger partial charge < -0.3 is 25.4 Å². The number of H-pyrrole nitrogens is 1. The van der Waals surface area contributed by atoms with Gasteiger partial charge in [0.1, 0.15) is 5.83 Å². The molecule has 1 unspecified atom stereocenters. The lowest BCUT2D eigenvalue weighted by Gasteiger charge is -2.29. The molecular formula is C25H34FN5O2. The summed E-state index contributed by atoms with van der Waals surface area (Å²) in [6.07, 6.45) is 4.53. The minimum atomic E-state index is -0.247. The van der Waals surface area contributed by atoms with E-state index in [9.17, 15) is 14.0 Å². The monoisotopic (exact) mass is 455 g/mol. The molecule has 1 aromatic rings. The lowest BCUT2D eigenvalue weighted by atomic mass is 9.89. The van der Waals surface area contributed by atoms with Crippen LogP contribution >= 0.6 is 0 Å². The van der Waals surface area contributed by atoms with E-state index >= 15 is 0 Å². The molecule has 4 rings (SSSR count). The number of aromatic nitrogens is 1. The van der Waals surface area contributed by atoms with Crippen LogP contribution in [0.5, 0.6) is 0 Å². The molecule has 0 radical (unpaired) electrons. The van der Waals surface area contributed by atoms with Gasteiger partial charge in [-0.1, -0.05) is 13.8 Å². The number of hydrogen-bond acceptors (Lipinski definition) is 4. The van der Waals surface area contributed by atoms with Crippen molar-refractivity contribution in [3.05, 3.63) is 51.4 Å². The molecule has 33 heavy (non-hydrogen) atoms. The second kappa shape index (κ2) is 9.55. The molecule has 0 bridgehead atoms. The zero-order valence-corrected chi connectivity index (χ0v) is 20.0. The Kier molecular flexibility index (Phi) is 6.74. The van der Waals surface area contributed by atoms with Gasteiger partial charge in [-0.05, 0) is 43.3 Å². The highest BCUT2D eigenvalue weighted by Gasteiger charge is 2.34. The first-order valence-corrected chi connectivity index (χ1v) is 11.9. The summed E-state index contributed by atoms with van der Waals surface area (Å²) in [6, 6.07) is 0. The van der Waals surface area contributed by atoms with E-state index in [1.54, 1.807) is 0 Å². The lowest BCUT2D eigenvalue weighted by Crippen LogP contribution is -2.42. The molecule has 1 aromatic heterocycles. The summed E-state index contributed by atoms with van der Waals surface area (Å²) in [4.78, 5) is 32.5. The Morgan fingerprint density at radius 2 is 2.12 bits per heavy atom. The molecule has 1 atom stereocenters. The smallest absolute Gasteiger partial charge is 0.256 e. The Morgan fingerprint density at radius 3 is 2.82 bits per heavy atom. The molecule has 3 aliphatic rings. The number of hydrogen-bond donors (Lipinski definition) is 3. The average molecular weight is 456 g/mol. The predicted molar refractivity (Wildman–Crippen MR) is 127 cm³/mol. The van der Waals surface area contributed by atoms with Gasteiger partial charge in [-0.3, -0.25) is 9.59 Å². The SMILES string of the molecule is CCN(CC)CCN1CCc2[nH]c(C=C3CNC4=C(NC(C)=O)C=C(F)CC34)c(C)c2C1=O. The Hall–Kier alpha value is -2.87. The molecule has 1 saturated heterocycles. The predicted octanol–water partition coefficient (Wildman–Crippen LogP) is 2.87. The molecule has 0 saturated carbocycles. The minimum absolute atomic E-state index is 0.0894. The molecule has 8 heteroatoms. The largest absolute Gasteiger partial charge is 0.382 e. The third-order valence-corrected chi connectivity index (χ3v) is 6.99. The Balaban J connectivity index is 1.56. The van der Waals surface area contributed by atoms with Crippen molar-refractivity contribution >= 4 is 17.9 Å². The minimum Gasteiger partial charge on any atom is -0.382 e. The number of allylic oxidation sites excluding steroid dienone is 3. The Bertz CT molecular complexity index is 1050. The number of amides is 2. The van der Waals surface area contributed by atoms with Gasteiger partial charge in [-0.25, -0.2) is 4.39 Å². The summed E-state index contributed by atoms with van der Waals surface area (Å²) < 4.78 is 14.3. The van der Waals surface area contributed by atoms with E-state index < -0.39 is 0 Å². The summed E-state index contributed by atoms with van der Waals surface area (Å²) in [5.41, 5.74) is 6.02. The van der Waals surface area contributed by atoms with Crippen LogP contribution in [0.2, 0.25) is 0 Å². The maximum absolute atomic E-state index is 14.3. The first-order valence-electron chi connectivity index (χ1n) is 11.9. The maximum Gasteiger partial charge on any atom is 0.256 e. The first-order chi connectivity index (χ1) is 15.8. The molecule has 0 spiro atoms. The molecule has 7 nitrogen and oxygen atoms in total. The number of halogens is 1. The van der Waals surface area contributed by atoms with Gasteiger partial charge in [-0.2, -0.15) is 0 Å². The highest BCUT2D eigenvalue weighted by Crippen LogP contribution is 2.38. The molecule has 3 heterocycles.